The van der Waals surface area contributed by atoms with Gasteiger partial charge in [0.25, 0.3) is 5.91 Å². The largest absolute Gasteiger partial charge is 0.495 e. The standard InChI is InChI=1S/C35H40N4O3/c1-24-8-5-9-25(18-24)22-37-35(41)30-23-38(34-29(30)10-6-12-33(34)42-2)16-7-17-39-27-13-14-28(39)20-26(19-27)21-32(40)31-11-3-4-15-36-31/h3-6,8-12,15,18,23,26-28H,7,13-14,16-17,19-22H2,1-2H3,(H,37,41)/t26-,27-,28+. The Hall–Kier alpha value is -3.97. The van der Waals surface area contributed by atoms with Crippen molar-refractivity contribution in [1.82, 2.24) is 19.8 Å². The third-order valence-electron chi connectivity index (χ3n) is 9.08. The van der Waals surface area contributed by atoms with E-state index in [0.29, 0.717) is 42.2 Å². The average Bonchev–Trinajstić information content (AvgIpc) is 3.49. The molecule has 1 amide bonds. The molecule has 2 aliphatic heterocycles. The number of amides is 1. The molecule has 2 aromatic carbocycles. The Morgan fingerprint density at radius 1 is 1.00 bits per heavy atom. The number of piperidine rings is 1. The van der Waals surface area contributed by atoms with Crippen LogP contribution in [0.15, 0.2) is 73.1 Å². The van der Waals surface area contributed by atoms with Crippen LogP contribution in [-0.2, 0) is 13.1 Å². The molecule has 2 saturated heterocycles. The number of ether oxygens (including phenoxy) is 1. The van der Waals surface area contributed by atoms with E-state index < -0.39 is 0 Å². The molecule has 3 atom stereocenters. The van der Waals surface area contributed by atoms with Gasteiger partial charge in [-0.1, -0.05) is 48.0 Å². The van der Waals surface area contributed by atoms with Crippen molar-refractivity contribution >= 4 is 22.6 Å². The summed E-state index contributed by atoms with van der Waals surface area (Å²) in [4.78, 5) is 33.1. The maximum Gasteiger partial charge on any atom is 0.253 e. The Balaban J connectivity index is 1.10. The third-order valence-corrected chi connectivity index (χ3v) is 9.08. The van der Waals surface area contributed by atoms with Crippen molar-refractivity contribution < 1.29 is 14.3 Å². The minimum Gasteiger partial charge on any atom is -0.495 e. The van der Waals surface area contributed by atoms with Crippen molar-refractivity contribution in [3.63, 3.8) is 0 Å². The van der Waals surface area contributed by atoms with Crippen LogP contribution in [0.25, 0.3) is 10.9 Å². The van der Waals surface area contributed by atoms with Crippen LogP contribution in [-0.4, -0.2) is 51.9 Å². The number of rotatable bonds is 11. The van der Waals surface area contributed by atoms with E-state index in [1.807, 2.05) is 54.7 Å². The quantitative estimate of drug-likeness (QED) is 0.220. The number of hydrogen-bond donors (Lipinski definition) is 1. The van der Waals surface area contributed by atoms with Crippen molar-refractivity contribution in [3.05, 3.63) is 95.4 Å². The summed E-state index contributed by atoms with van der Waals surface area (Å²) in [6.45, 7) is 4.37. The van der Waals surface area contributed by atoms with E-state index in [2.05, 4.69) is 38.8 Å². The number of methoxy groups -OCH3 is 1. The Kier molecular flexibility index (Phi) is 8.38. The Morgan fingerprint density at radius 3 is 2.55 bits per heavy atom. The highest BCUT2D eigenvalue weighted by atomic mass is 16.5. The number of hydrogen-bond acceptors (Lipinski definition) is 5. The van der Waals surface area contributed by atoms with Crippen LogP contribution in [0.2, 0.25) is 0 Å². The van der Waals surface area contributed by atoms with Crippen LogP contribution >= 0.6 is 0 Å². The first kappa shape index (κ1) is 28.2. The number of para-hydroxylation sites is 1. The van der Waals surface area contributed by atoms with Gasteiger partial charge in [0.2, 0.25) is 0 Å². The summed E-state index contributed by atoms with van der Waals surface area (Å²) in [5.74, 6) is 1.31. The van der Waals surface area contributed by atoms with Gasteiger partial charge in [-0.25, -0.2) is 0 Å². The fourth-order valence-corrected chi connectivity index (χ4v) is 7.18. The fourth-order valence-electron chi connectivity index (χ4n) is 7.18. The fraction of sp³-hybridized carbons (Fsp3) is 0.400. The second kappa shape index (κ2) is 12.5. The number of aromatic nitrogens is 2. The molecule has 2 aromatic heterocycles. The van der Waals surface area contributed by atoms with Crippen LogP contribution < -0.4 is 10.1 Å². The molecule has 4 heterocycles. The molecule has 0 saturated carbocycles. The lowest BCUT2D eigenvalue weighted by atomic mass is 9.86. The van der Waals surface area contributed by atoms with Gasteiger partial charge >= 0.3 is 0 Å². The number of ketones is 1. The number of Topliss-reactive ketones (excluding diaryl/α,β-unsaturated/α-hetero) is 1. The Morgan fingerprint density at radius 2 is 1.81 bits per heavy atom. The Bertz CT molecular complexity index is 1550. The van der Waals surface area contributed by atoms with Gasteiger partial charge in [-0.15, -0.1) is 0 Å². The van der Waals surface area contributed by atoms with Crippen molar-refractivity contribution in [3.8, 4) is 5.75 Å². The van der Waals surface area contributed by atoms with Crippen molar-refractivity contribution in [2.24, 2.45) is 5.92 Å². The number of aryl methyl sites for hydroxylation is 2. The lowest BCUT2D eigenvalue weighted by Gasteiger charge is -2.39. The molecule has 0 radical (unpaired) electrons. The van der Waals surface area contributed by atoms with E-state index >= 15 is 0 Å². The molecule has 1 N–H and O–H groups in total. The third kappa shape index (κ3) is 5.97. The van der Waals surface area contributed by atoms with Crippen molar-refractivity contribution in [2.45, 2.75) is 70.6 Å². The van der Waals surface area contributed by atoms with Crippen LogP contribution in [0, 0.1) is 12.8 Å². The van der Waals surface area contributed by atoms with E-state index in [9.17, 15) is 9.59 Å². The van der Waals surface area contributed by atoms with Crippen LogP contribution in [0.1, 0.15) is 70.5 Å². The smallest absolute Gasteiger partial charge is 0.253 e. The molecule has 2 fully saturated rings. The number of nitrogens with zero attached hydrogens (tertiary/aromatic N) is 3. The van der Waals surface area contributed by atoms with Gasteiger partial charge in [-0.2, -0.15) is 0 Å². The molecule has 6 rings (SSSR count). The molecule has 42 heavy (non-hydrogen) atoms. The lowest BCUT2D eigenvalue weighted by molar-refractivity contribution is 0.0803. The van der Waals surface area contributed by atoms with Gasteiger partial charge in [0.1, 0.15) is 11.4 Å². The second-order valence-electron chi connectivity index (χ2n) is 11.9. The van der Waals surface area contributed by atoms with Gasteiger partial charge in [0.05, 0.1) is 18.2 Å². The van der Waals surface area contributed by atoms with Gasteiger partial charge < -0.3 is 14.6 Å². The highest BCUT2D eigenvalue weighted by molar-refractivity contribution is 6.08. The molecule has 0 unspecified atom stereocenters. The highest BCUT2D eigenvalue weighted by Crippen LogP contribution is 2.40. The molecule has 2 bridgehead atoms. The summed E-state index contributed by atoms with van der Waals surface area (Å²) in [5, 5.41) is 4.02. The first-order valence-electron chi connectivity index (χ1n) is 15.2. The van der Waals surface area contributed by atoms with Crippen LogP contribution in [0.5, 0.6) is 5.75 Å². The summed E-state index contributed by atoms with van der Waals surface area (Å²) in [5.41, 5.74) is 4.50. The predicted molar refractivity (Wildman–Crippen MR) is 165 cm³/mol. The molecule has 0 spiro atoms. The minimum absolute atomic E-state index is 0.0751. The monoisotopic (exact) mass is 564 g/mol. The van der Waals surface area contributed by atoms with Crippen LogP contribution in [0.4, 0.5) is 0 Å². The minimum atomic E-state index is -0.0751. The van der Waals surface area contributed by atoms with E-state index in [1.165, 1.54) is 18.4 Å². The van der Waals surface area contributed by atoms with E-state index in [4.69, 9.17) is 4.74 Å². The first-order valence-corrected chi connectivity index (χ1v) is 15.2. The predicted octanol–water partition coefficient (Wildman–Crippen LogP) is 6.19. The van der Waals surface area contributed by atoms with E-state index in [0.717, 1.165) is 54.6 Å². The SMILES string of the molecule is COc1cccc2c(C(=O)NCc3cccc(C)c3)cn(CCCN3[C@@H]4CC[C@H]3C[C@H](CC(=O)c3ccccn3)C4)c12. The zero-order valence-electron chi connectivity index (χ0n) is 24.6. The number of nitrogens with one attached hydrogen (secondary N) is 1. The average molecular weight is 565 g/mol. The van der Waals surface area contributed by atoms with E-state index in [1.54, 1.807) is 13.3 Å². The summed E-state index contributed by atoms with van der Waals surface area (Å²) in [7, 11) is 1.68. The van der Waals surface area contributed by atoms with E-state index in [-0.39, 0.29) is 11.7 Å². The molecule has 7 nitrogen and oxygen atoms in total. The zero-order valence-corrected chi connectivity index (χ0v) is 24.6. The first-order chi connectivity index (χ1) is 20.5. The van der Waals surface area contributed by atoms with Gasteiger partial charge in [-0.05, 0) is 68.7 Å². The molecule has 7 heteroatoms. The summed E-state index contributed by atoms with van der Waals surface area (Å²) < 4.78 is 7.91. The summed E-state index contributed by atoms with van der Waals surface area (Å²) in [6, 6.07) is 20.8. The molecule has 4 aromatic rings. The normalized spacial score (nSPS) is 20.1. The molecular weight excluding hydrogens is 524 g/mol. The van der Waals surface area contributed by atoms with Gasteiger partial charge in [-0.3, -0.25) is 19.5 Å². The zero-order chi connectivity index (χ0) is 29.1. The second-order valence-corrected chi connectivity index (χ2v) is 11.9. The highest BCUT2D eigenvalue weighted by Gasteiger charge is 2.40. The molecule has 0 aliphatic carbocycles. The number of benzene rings is 2. The lowest BCUT2D eigenvalue weighted by Crippen LogP contribution is -2.43. The number of carbonyl (C=O) groups is 2. The topological polar surface area (TPSA) is 76.5 Å². The van der Waals surface area contributed by atoms with Gasteiger partial charge in [0.15, 0.2) is 5.78 Å². The van der Waals surface area contributed by atoms with Crippen molar-refractivity contribution in [2.75, 3.05) is 13.7 Å². The van der Waals surface area contributed by atoms with Crippen LogP contribution in [0.3, 0.4) is 0 Å². The number of pyridine rings is 1. The molecular formula is C35H40N4O3. The Labute approximate surface area is 247 Å². The number of carbonyl (C=O) groups excluding carboxylic acids is 2. The molecule has 2 aliphatic rings. The number of fused-ring (bicyclic) bond motifs is 3. The maximum absolute atomic E-state index is 13.3. The summed E-state index contributed by atoms with van der Waals surface area (Å²) >= 11 is 0. The van der Waals surface area contributed by atoms with Crippen molar-refractivity contribution in [1.29, 1.82) is 0 Å². The summed E-state index contributed by atoms with van der Waals surface area (Å²) in [6.07, 6.45) is 9.86. The molecule has 218 valence electrons. The van der Waals surface area contributed by atoms with Gasteiger partial charge in [0, 0.05) is 55.9 Å². The maximum atomic E-state index is 13.3.